The molecule has 2 N–H and O–H groups in total. The van der Waals surface area contributed by atoms with Crippen LogP contribution in [0.15, 0.2) is 53.4 Å². The lowest BCUT2D eigenvalue weighted by Crippen LogP contribution is -2.33. The highest BCUT2D eigenvalue weighted by molar-refractivity contribution is 8.26. The van der Waals surface area contributed by atoms with Crippen molar-refractivity contribution in [3.63, 3.8) is 0 Å². The molecule has 1 aliphatic rings. The van der Waals surface area contributed by atoms with E-state index in [1.807, 2.05) is 30.3 Å². The first-order valence-electron chi connectivity index (χ1n) is 8.56. The van der Waals surface area contributed by atoms with Gasteiger partial charge in [-0.15, -0.1) is 0 Å². The number of carboxylic acid groups (broad SMARTS) is 1. The van der Waals surface area contributed by atoms with E-state index in [0.29, 0.717) is 26.3 Å². The lowest BCUT2D eigenvalue weighted by molar-refractivity contribution is -0.144. The molecule has 1 aliphatic heterocycles. The quantitative estimate of drug-likeness (QED) is 0.507. The summed E-state index contributed by atoms with van der Waals surface area (Å²) in [7, 11) is 1.46. The molecule has 29 heavy (non-hydrogen) atoms. The smallest absolute Gasteiger partial charge is 0.344 e. The average Bonchev–Trinajstić information content (AvgIpc) is 2.97. The van der Waals surface area contributed by atoms with Gasteiger partial charge in [0.25, 0.3) is 5.91 Å². The number of anilines is 1. The maximum atomic E-state index is 12.7. The molecule has 0 spiro atoms. The van der Waals surface area contributed by atoms with E-state index in [1.54, 1.807) is 24.3 Å². The van der Waals surface area contributed by atoms with Crippen molar-refractivity contribution in [2.24, 2.45) is 0 Å². The topological polar surface area (TPSA) is 88.1 Å². The molecule has 1 saturated heterocycles. The Kier molecular flexibility index (Phi) is 6.40. The lowest BCUT2D eigenvalue weighted by Gasteiger charge is -2.16. The number of thioether (sulfide) groups is 1. The van der Waals surface area contributed by atoms with Gasteiger partial charge in [0.15, 0.2) is 21.9 Å². The van der Waals surface area contributed by atoms with Gasteiger partial charge >= 0.3 is 5.97 Å². The third-order valence-electron chi connectivity index (χ3n) is 3.95. The number of ether oxygens (including phenoxy) is 2. The predicted octanol–water partition coefficient (Wildman–Crippen LogP) is 3.78. The Morgan fingerprint density at radius 2 is 1.97 bits per heavy atom. The molecule has 0 saturated carbocycles. The van der Waals surface area contributed by atoms with E-state index in [0.717, 1.165) is 5.69 Å². The molecule has 0 radical (unpaired) electrons. The highest BCUT2D eigenvalue weighted by atomic mass is 32.2. The summed E-state index contributed by atoms with van der Waals surface area (Å²) >= 11 is 6.50. The first kappa shape index (κ1) is 20.7. The van der Waals surface area contributed by atoms with Crippen molar-refractivity contribution in [2.75, 3.05) is 12.5 Å². The molecule has 0 aliphatic carbocycles. The third-order valence-corrected chi connectivity index (χ3v) is 5.25. The molecule has 1 atom stereocenters. The van der Waals surface area contributed by atoms with Gasteiger partial charge in [0.05, 0.1) is 17.7 Å². The minimum Gasteiger partial charge on any atom is -0.493 e. The second-order valence-electron chi connectivity index (χ2n) is 6.00. The van der Waals surface area contributed by atoms with Crippen molar-refractivity contribution >= 4 is 51.9 Å². The maximum Gasteiger partial charge on any atom is 0.344 e. The Bertz CT molecular complexity index is 978. The third kappa shape index (κ3) is 4.87. The molecule has 2 aromatic rings. The van der Waals surface area contributed by atoms with Crippen LogP contribution in [0.1, 0.15) is 12.5 Å². The zero-order chi connectivity index (χ0) is 21.0. The van der Waals surface area contributed by atoms with E-state index < -0.39 is 12.1 Å². The highest BCUT2D eigenvalue weighted by Gasteiger charge is 2.32. The number of carboxylic acids is 1. The number of hydrazine groups is 1. The molecule has 1 unspecified atom stereocenters. The number of thiocarbonyl (C=S) groups is 1. The van der Waals surface area contributed by atoms with Crippen molar-refractivity contribution in [3.8, 4) is 11.5 Å². The molecule has 9 heteroatoms. The molecule has 7 nitrogen and oxygen atoms in total. The number of aliphatic carboxylic acids is 1. The van der Waals surface area contributed by atoms with Crippen molar-refractivity contribution in [1.82, 2.24) is 5.01 Å². The Labute approximate surface area is 177 Å². The van der Waals surface area contributed by atoms with Gasteiger partial charge in [-0.3, -0.25) is 10.2 Å². The fourth-order valence-corrected chi connectivity index (χ4v) is 3.65. The minimum atomic E-state index is -1.08. The molecule has 1 amide bonds. The second-order valence-corrected chi connectivity index (χ2v) is 7.68. The van der Waals surface area contributed by atoms with Crippen molar-refractivity contribution in [1.29, 1.82) is 0 Å². The van der Waals surface area contributed by atoms with Crippen LogP contribution in [-0.4, -0.2) is 39.5 Å². The summed E-state index contributed by atoms with van der Waals surface area (Å²) in [4.78, 5) is 24.2. The summed E-state index contributed by atoms with van der Waals surface area (Å²) in [6, 6.07) is 14.3. The number of hydrogen-bond donors (Lipinski definition) is 2. The number of methoxy groups -OCH3 is 1. The van der Waals surface area contributed by atoms with Crippen LogP contribution in [0.5, 0.6) is 11.5 Å². The second kappa shape index (κ2) is 8.97. The van der Waals surface area contributed by atoms with E-state index in [1.165, 1.54) is 30.8 Å². The van der Waals surface area contributed by atoms with Gasteiger partial charge in [-0.2, -0.15) is 0 Å². The number of carbonyl (C=O) groups excluding carboxylic acids is 1. The molecule has 0 aromatic heterocycles. The van der Waals surface area contributed by atoms with Gasteiger partial charge in [-0.05, 0) is 55.0 Å². The Balaban J connectivity index is 1.80. The van der Waals surface area contributed by atoms with Crippen LogP contribution in [0.3, 0.4) is 0 Å². The Morgan fingerprint density at radius 1 is 1.24 bits per heavy atom. The van der Waals surface area contributed by atoms with Gasteiger partial charge in [0.2, 0.25) is 0 Å². The first-order chi connectivity index (χ1) is 13.9. The van der Waals surface area contributed by atoms with Crippen LogP contribution in [0.25, 0.3) is 6.08 Å². The predicted molar refractivity (Wildman–Crippen MR) is 116 cm³/mol. The number of nitrogens with zero attached hydrogens (tertiary/aromatic N) is 1. The molecule has 1 fully saturated rings. The molecule has 150 valence electrons. The molecule has 2 aromatic carbocycles. The van der Waals surface area contributed by atoms with E-state index in [-0.39, 0.29) is 5.91 Å². The van der Waals surface area contributed by atoms with Gasteiger partial charge < -0.3 is 14.6 Å². The van der Waals surface area contributed by atoms with E-state index >= 15 is 0 Å². The minimum absolute atomic E-state index is 0.261. The molecule has 1 heterocycles. The average molecular weight is 431 g/mol. The standard InChI is InChI=1S/C20H18N2O5S2/c1-12(19(24)25)27-15-9-8-13(10-16(15)26-2)11-17-18(23)22(20(28)29-17)21-14-6-4-3-5-7-14/h3-12,21H,1-2H3,(H,24,25)/b17-11+. The van der Waals surface area contributed by atoms with Crippen LogP contribution >= 0.6 is 24.0 Å². The number of rotatable bonds is 7. The van der Waals surface area contributed by atoms with Crippen molar-refractivity contribution in [3.05, 3.63) is 59.0 Å². The van der Waals surface area contributed by atoms with Crippen molar-refractivity contribution < 1.29 is 24.2 Å². The van der Waals surface area contributed by atoms with E-state index in [2.05, 4.69) is 5.43 Å². The largest absolute Gasteiger partial charge is 0.493 e. The number of amides is 1. The van der Waals surface area contributed by atoms with Crippen LogP contribution in [-0.2, 0) is 9.59 Å². The van der Waals surface area contributed by atoms with Crippen molar-refractivity contribution in [2.45, 2.75) is 13.0 Å². The monoisotopic (exact) mass is 430 g/mol. The van der Waals surface area contributed by atoms with E-state index in [9.17, 15) is 9.59 Å². The van der Waals surface area contributed by atoms with Gasteiger partial charge in [-0.25, -0.2) is 9.80 Å². The van der Waals surface area contributed by atoms with Gasteiger partial charge in [0.1, 0.15) is 0 Å². The van der Waals surface area contributed by atoms with Gasteiger partial charge in [0, 0.05) is 0 Å². The summed E-state index contributed by atoms with van der Waals surface area (Å²) in [6.07, 6.45) is 0.675. The van der Waals surface area contributed by atoms with Gasteiger partial charge in [-0.1, -0.05) is 36.0 Å². The van der Waals surface area contributed by atoms with Crippen LogP contribution < -0.4 is 14.9 Å². The van der Waals surface area contributed by atoms with Crippen LogP contribution in [0.4, 0.5) is 5.69 Å². The zero-order valence-electron chi connectivity index (χ0n) is 15.6. The number of carbonyl (C=O) groups is 2. The fourth-order valence-electron chi connectivity index (χ4n) is 2.47. The normalized spacial score (nSPS) is 16.1. The van der Waals surface area contributed by atoms with E-state index in [4.69, 9.17) is 26.8 Å². The van der Waals surface area contributed by atoms with Crippen LogP contribution in [0.2, 0.25) is 0 Å². The fraction of sp³-hybridized carbons (Fsp3) is 0.150. The number of benzene rings is 2. The lowest BCUT2D eigenvalue weighted by atomic mass is 10.2. The Hall–Kier alpha value is -3.04. The summed E-state index contributed by atoms with van der Waals surface area (Å²) in [6.45, 7) is 1.43. The molecule has 3 rings (SSSR count). The summed E-state index contributed by atoms with van der Waals surface area (Å²) in [5.41, 5.74) is 4.44. The molecular formula is C20H18N2O5S2. The molecular weight excluding hydrogens is 412 g/mol. The highest BCUT2D eigenvalue weighted by Crippen LogP contribution is 2.35. The Morgan fingerprint density at radius 3 is 2.62 bits per heavy atom. The number of hydrogen-bond acceptors (Lipinski definition) is 7. The maximum absolute atomic E-state index is 12.7. The SMILES string of the molecule is COc1cc(/C=C2/SC(=S)N(Nc3ccccc3)C2=O)ccc1OC(C)C(=O)O. The van der Waals surface area contributed by atoms with Crippen LogP contribution in [0, 0.1) is 0 Å². The first-order valence-corrected chi connectivity index (χ1v) is 9.78. The summed E-state index contributed by atoms with van der Waals surface area (Å²) < 4.78 is 11.1. The summed E-state index contributed by atoms with van der Waals surface area (Å²) in [5.74, 6) is -0.670. The zero-order valence-corrected chi connectivity index (χ0v) is 17.3. The summed E-state index contributed by atoms with van der Waals surface area (Å²) in [5, 5.41) is 10.3. The molecule has 0 bridgehead atoms. The number of para-hydroxylation sites is 1. The number of nitrogens with one attached hydrogen (secondary N) is 1.